The van der Waals surface area contributed by atoms with Crippen molar-refractivity contribution in [2.45, 2.75) is 25.0 Å². The SMILES string of the molecule is Cn1ncc(NC(=O)c2nc(-c3c(F)cccc3F)sc2N)c1[C@@H]1C[C@H](N)CCO1. The molecule has 2 aromatic heterocycles. The van der Waals surface area contributed by atoms with Gasteiger partial charge in [-0.15, -0.1) is 0 Å². The number of amides is 1. The van der Waals surface area contributed by atoms with Gasteiger partial charge in [0, 0.05) is 19.7 Å². The lowest BCUT2D eigenvalue weighted by Crippen LogP contribution is -2.31. The Morgan fingerprint density at radius 1 is 1.37 bits per heavy atom. The smallest absolute Gasteiger partial charge is 0.277 e. The number of nitrogen functional groups attached to an aromatic ring is 1. The second-order valence-corrected chi connectivity index (χ2v) is 8.02. The largest absolute Gasteiger partial charge is 0.389 e. The standard InChI is InChI=1S/C19H20F2N6O2S/c1-27-16(13-7-9(22)5-6-29-13)12(8-24-27)25-18(28)15-17(23)30-19(26-15)14-10(20)3-2-4-11(14)21/h2-4,8-9,13H,5-7,22-23H2,1H3,(H,25,28)/t9-,13+/m1/s1. The molecule has 1 aliphatic heterocycles. The maximum absolute atomic E-state index is 14.1. The molecular formula is C19H20F2N6O2S. The van der Waals surface area contributed by atoms with Crippen LogP contribution in [0.1, 0.15) is 35.1 Å². The molecule has 3 heterocycles. The molecule has 0 bridgehead atoms. The van der Waals surface area contributed by atoms with Gasteiger partial charge in [-0.3, -0.25) is 9.48 Å². The second-order valence-electron chi connectivity index (χ2n) is 6.99. The highest BCUT2D eigenvalue weighted by Gasteiger charge is 2.28. The molecule has 4 rings (SSSR count). The predicted octanol–water partition coefficient (Wildman–Crippen LogP) is 2.84. The van der Waals surface area contributed by atoms with E-state index in [1.807, 2.05) is 0 Å². The van der Waals surface area contributed by atoms with E-state index >= 15 is 0 Å². The summed E-state index contributed by atoms with van der Waals surface area (Å²) in [5.74, 6) is -2.17. The van der Waals surface area contributed by atoms with Crippen LogP contribution in [0.5, 0.6) is 0 Å². The van der Waals surface area contributed by atoms with E-state index in [9.17, 15) is 13.6 Å². The minimum absolute atomic E-state index is 0.00499. The lowest BCUT2D eigenvalue weighted by Gasteiger charge is -2.28. The van der Waals surface area contributed by atoms with Crippen LogP contribution in [0.4, 0.5) is 19.5 Å². The quantitative estimate of drug-likeness (QED) is 0.581. The zero-order valence-electron chi connectivity index (χ0n) is 16.1. The highest BCUT2D eigenvalue weighted by atomic mass is 32.1. The maximum atomic E-state index is 14.1. The zero-order valence-corrected chi connectivity index (χ0v) is 16.9. The number of thiazole rings is 1. The van der Waals surface area contributed by atoms with Gasteiger partial charge in [-0.2, -0.15) is 5.10 Å². The van der Waals surface area contributed by atoms with Crippen molar-refractivity contribution in [2.24, 2.45) is 12.8 Å². The van der Waals surface area contributed by atoms with Crippen LogP contribution in [0, 0.1) is 11.6 Å². The van der Waals surface area contributed by atoms with Crippen LogP contribution in [0.15, 0.2) is 24.4 Å². The molecule has 0 spiro atoms. The molecule has 30 heavy (non-hydrogen) atoms. The van der Waals surface area contributed by atoms with Crippen LogP contribution in [0.3, 0.4) is 0 Å². The number of rotatable bonds is 4. The maximum Gasteiger partial charge on any atom is 0.277 e. The van der Waals surface area contributed by atoms with Gasteiger partial charge >= 0.3 is 0 Å². The number of anilines is 2. The third kappa shape index (κ3) is 3.78. The molecule has 2 atom stereocenters. The van der Waals surface area contributed by atoms with E-state index in [0.717, 1.165) is 29.9 Å². The van der Waals surface area contributed by atoms with Gasteiger partial charge in [-0.1, -0.05) is 17.4 Å². The van der Waals surface area contributed by atoms with Gasteiger partial charge in [0.2, 0.25) is 0 Å². The number of nitrogens with one attached hydrogen (secondary N) is 1. The second kappa shape index (κ2) is 8.09. The number of benzene rings is 1. The van der Waals surface area contributed by atoms with Crippen LogP contribution >= 0.6 is 11.3 Å². The van der Waals surface area contributed by atoms with E-state index in [2.05, 4.69) is 15.4 Å². The number of ether oxygens (including phenoxy) is 1. The first kappa shape index (κ1) is 20.4. The Morgan fingerprint density at radius 2 is 2.10 bits per heavy atom. The van der Waals surface area contributed by atoms with E-state index in [0.29, 0.717) is 24.4 Å². The monoisotopic (exact) mass is 434 g/mol. The molecule has 0 aliphatic carbocycles. The van der Waals surface area contributed by atoms with Gasteiger partial charge in [-0.05, 0) is 25.0 Å². The van der Waals surface area contributed by atoms with Crippen molar-refractivity contribution in [3.05, 3.63) is 47.4 Å². The number of carbonyl (C=O) groups is 1. The molecule has 8 nitrogen and oxygen atoms in total. The predicted molar refractivity (Wildman–Crippen MR) is 109 cm³/mol. The van der Waals surface area contributed by atoms with Gasteiger partial charge in [-0.25, -0.2) is 13.8 Å². The number of aryl methyl sites for hydroxylation is 1. The van der Waals surface area contributed by atoms with Crippen LogP contribution < -0.4 is 16.8 Å². The van der Waals surface area contributed by atoms with Crippen LogP contribution in [0.2, 0.25) is 0 Å². The first-order valence-corrected chi connectivity index (χ1v) is 10.1. The van der Waals surface area contributed by atoms with E-state index in [1.165, 1.54) is 12.3 Å². The summed E-state index contributed by atoms with van der Waals surface area (Å²) in [5, 5.41) is 6.96. The summed E-state index contributed by atoms with van der Waals surface area (Å²) in [4.78, 5) is 16.9. The molecule has 11 heteroatoms. The summed E-state index contributed by atoms with van der Waals surface area (Å²) in [6.45, 7) is 0.515. The summed E-state index contributed by atoms with van der Waals surface area (Å²) in [6.07, 6.45) is 2.54. The number of nitrogens with two attached hydrogens (primary N) is 2. The Balaban J connectivity index is 1.61. The number of nitrogens with zero attached hydrogens (tertiary/aromatic N) is 3. The topological polar surface area (TPSA) is 121 Å². The summed E-state index contributed by atoms with van der Waals surface area (Å²) >= 11 is 0.836. The van der Waals surface area contributed by atoms with Crippen molar-refractivity contribution in [1.82, 2.24) is 14.8 Å². The molecule has 0 saturated carbocycles. The van der Waals surface area contributed by atoms with Gasteiger partial charge in [0.15, 0.2) is 5.69 Å². The molecular weight excluding hydrogens is 414 g/mol. The Hall–Kier alpha value is -2.89. The lowest BCUT2D eigenvalue weighted by atomic mass is 10.0. The van der Waals surface area contributed by atoms with Gasteiger partial charge in [0.1, 0.15) is 27.7 Å². The molecule has 3 aromatic rings. The fraction of sp³-hybridized carbons (Fsp3) is 0.316. The average molecular weight is 434 g/mol. The number of carbonyl (C=O) groups excluding carboxylic acids is 1. The molecule has 0 unspecified atom stereocenters. The van der Waals surface area contributed by atoms with Crippen LogP contribution in [0.25, 0.3) is 10.6 Å². The molecule has 5 N–H and O–H groups in total. The number of halogens is 2. The normalized spacial score (nSPS) is 19.1. The zero-order chi connectivity index (χ0) is 21.4. The number of aromatic nitrogens is 3. The van der Waals surface area contributed by atoms with Crippen molar-refractivity contribution >= 4 is 27.9 Å². The highest BCUT2D eigenvalue weighted by Crippen LogP contribution is 2.35. The lowest BCUT2D eigenvalue weighted by molar-refractivity contribution is 0.00241. The van der Waals surface area contributed by atoms with Crippen molar-refractivity contribution in [3.8, 4) is 10.6 Å². The van der Waals surface area contributed by atoms with E-state index < -0.39 is 17.5 Å². The molecule has 1 aliphatic rings. The summed E-state index contributed by atoms with van der Waals surface area (Å²) < 4.78 is 35.6. The molecule has 1 aromatic carbocycles. The third-order valence-corrected chi connectivity index (χ3v) is 5.81. The Morgan fingerprint density at radius 3 is 2.80 bits per heavy atom. The summed E-state index contributed by atoms with van der Waals surface area (Å²) in [6, 6.07) is 3.48. The van der Waals surface area contributed by atoms with Crippen molar-refractivity contribution in [3.63, 3.8) is 0 Å². The first-order chi connectivity index (χ1) is 14.3. The van der Waals surface area contributed by atoms with Crippen molar-refractivity contribution in [2.75, 3.05) is 17.7 Å². The molecule has 158 valence electrons. The Kier molecular flexibility index (Phi) is 5.50. The van der Waals surface area contributed by atoms with Crippen molar-refractivity contribution in [1.29, 1.82) is 0 Å². The van der Waals surface area contributed by atoms with Crippen molar-refractivity contribution < 1.29 is 18.3 Å². The van der Waals surface area contributed by atoms with Gasteiger partial charge in [0.05, 0.1) is 23.1 Å². The summed E-state index contributed by atoms with van der Waals surface area (Å²) in [7, 11) is 1.74. The molecule has 0 radical (unpaired) electrons. The first-order valence-electron chi connectivity index (χ1n) is 9.26. The van der Waals surface area contributed by atoms with Crippen LogP contribution in [-0.2, 0) is 11.8 Å². The van der Waals surface area contributed by atoms with E-state index in [1.54, 1.807) is 11.7 Å². The average Bonchev–Trinajstić information content (AvgIpc) is 3.24. The Bertz CT molecular complexity index is 1080. The fourth-order valence-electron chi connectivity index (χ4n) is 3.42. The molecule has 1 fully saturated rings. The third-order valence-electron chi connectivity index (χ3n) is 4.91. The number of hydrogen-bond donors (Lipinski definition) is 3. The fourth-order valence-corrected chi connectivity index (χ4v) is 4.30. The van der Waals surface area contributed by atoms with Crippen LogP contribution in [-0.4, -0.2) is 33.3 Å². The van der Waals surface area contributed by atoms with Gasteiger partial charge in [0.25, 0.3) is 5.91 Å². The minimum Gasteiger partial charge on any atom is -0.389 e. The molecule has 1 saturated heterocycles. The summed E-state index contributed by atoms with van der Waals surface area (Å²) in [5.41, 5.74) is 12.6. The Labute approximate surface area is 174 Å². The highest BCUT2D eigenvalue weighted by molar-refractivity contribution is 7.19. The number of hydrogen-bond acceptors (Lipinski definition) is 7. The van der Waals surface area contributed by atoms with E-state index in [-0.39, 0.29) is 33.4 Å². The van der Waals surface area contributed by atoms with Gasteiger partial charge < -0.3 is 21.5 Å². The van der Waals surface area contributed by atoms with E-state index in [4.69, 9.17) is 16.2 Å². The minimum atomic E-state index is -0.781. The molecule has 1 amide bonds.